The highest BCUT2D eigenvalue weighted by molar-refractivity contribution is 5.22. The first-order valence-corrected chi connectivity index (χ1v) is 4.89. The Kier molecular flexibility index (Phi) is 2.45. The highest BCUT2D eigenvalue weighted by Gasteiger charge is 2.61. The minimum atomic E-state index is -1.30. The lowest BCUT2D eigenvalue weighted by Crippen LogP contribution is -2.63. The fourth-order valence-corrected chi connectivity index (χ4v) is 2.69. The van der Waals surface area contributed by atoms with Gasteiger partial charge >= 0.3 is 0 Å². The summed E-state index contributed by atoms with van der Waals surface area (Å²) >= 11 is 0. The van der Waals surface area contributed by atoms with Crippen LogP contribution in [0.2, 0.25) is 0 Å². The van der Waals surface area contributed by atoms with Crippen molar-refractivity contribution in [1.82, 2.24) is 5.32 Å². The van der Waals surface area contributed by atoms with Crippen LogP contribution in [0.4, 0.5) is 0 Å². The third-order valence-corrected chi connectivity index (χ3v) is 3.55. The molecule has 2 aliphatic rings. The fourth-order valence-electron chi connectivity index (χ4n) is 2.69. The number of rotatable bonds is 1. The Bertz CT molecular complexity index is 305. The summed E-state index contributed by atoms with van der Waals surface area (Å²) in [5.74, 6) is -0.911. The number of nitriles is 1. The van der Waals surface area contributed by atoms with Gasteiger partial charge < -0.3 is 25.7 Å². The number of aliphatic hydroxyl groups excluding tert-OH is 4. The number of nitrogens with zero attached hydrogens (tertiary/aromatic N) is 1. The first-order valence-electron chi connectivity index (χ1n) is 4.89. The zero-order valence-electron chi connectivity index (χ0n) is 8.04. The van der Waals surface area contributed by atoms with Gasteiger partial charge in [-0.2, -0.15) is 5.26 Å². The van der Waals surface area contributed by atoms with Crippen LogP contribution in [0.5, 0.6) is 0 Å². The van der Waals surface area contributed by atoms with Crippen molar-refractivity contribution in [1.29, 1.82) is 5.26 Å². The van der Waals surface area contributed by atoms with E-state index in [0.717, 1.165) is 0 Å². The number of hydrogen-bond donors (Lipinski definition) is 5. The van der Waals surface area contributed by atoms with E-state index in [-0.39, 0.29) is 6.42 Å². The molecule has 0 spiro atoms. The molecule has 2 bridgehead atoms. The second kappa shape index (κ2) is 3.40. The molecule has 0 aromatic heterocycles. The number of hydrogen-bond acceptors (Lipinski definition) is 6. The maximum Gasteiger partial charge on any atom is 0.103 e. The molecule has 2 rings (SSSR count). The summed E-state index contributed by atoms with van der Waals surface area (Å²) in [6, 6.07) is 1.41. The largest absolute Gasteiger partial charge is 0.394 e. The molecule has 84 valence electrons. The maximum absolute atomic E-state index is 9.80. The van der Waals surface area contributed by atoms with Gasteiger partial charge in [0.2, 0.25) is 0 Å². The molecule has 0 unspecified atom stereocenters. The highest BCUT2D eigenvalue weighted by atomic mass is 16.3. The van der Waals surface area contributed by atoms with Gasteiger partial charge in [-0.15, -0.1) is 0 Å². The molecule has 2 aliphatic heterocycles. The van der Waals surface area contributed by atoms with Crippen LogP contribution >= 0.6 is 0 Å². The average Bonchev–Trinajstić information content (AvgIpc) is 2.43. The zero-order valence-corrected chi connectivity index (χ0v) is 8.04. The van der Waals surface area contributed by atoms with Crippen molar-refractivity contribution in [2.24, 2.45) is 5.92 Å². The van der Waals surface area contributed by atoms with E-state index in [1.165, 1.54) is 0 Å². The van der Waals surface area contributed by atoms with Crippen LogP contribution in [-0.4, -0.2) is 56.9 Å². The van der Waals surface area contributed by atoms with Crippen molar-refractivity contribution in [2.75, 3.05) is 6.61 Å². The first kappa shape index (κ1) is 10.8. The number of aliphatic hydroxyl groups is 4. The van der Waals surface area contributed by atoms with E-state index < -0.39 is 42.4 Å². The SMILES string of the molecule is N#C[C@@H]1[C@H](O)C[C@@H]2N[C@@]1(CO)[C@H](O)[C@H]2O. The van der Waals surface area contributed by atoms with Gasteiger partial charge in [0.25, 0.3) is 0 Å². The third-order valence-electron chi connectivity index (χ3n) is 3.55. The molecule has 6 nitrogen and oxygen atoms in total. The minimum Gasteiger partial charge on any atom is -0.394 e. The van der Waals surface area contributed by atoms with Gasteiger partial charge in [0.05, 0.1) is 36.3 Å². The minimum absolute atomic E-state index is 0.207. The zero-order chi connectivity index (χ0) is 11.2. The normalized spacial score (nSPS) is 53.9. The first-order chi connectivity index (χ1) is 7.06. The fraction of sp³-hybridized carbons (Fsp3) is 0.889. The van der Waals surface area contributed by atoms with E-state index in [2.05, 4.69) is 5.32 Å². The second-order valence-electron chi connectivity index (χ2n) is 4.29. The summed E-state index contributed by atoms with van der Waals surface area (Å²) in [6.45, 7) is -0.489. The quantitative estimate of drug-likeness (QED) is 0.324. The summed E-state index contributed by atoms with van der Waals surface area (Å²) in [6.07, 6.45) is -3.00. The van der Waals surface area contributed by atoms with Gasteiger partial charge in [0, 0.05) is 6.04 Å². The van der Waals surface area contributed by atoms with Crippen molar-refractivity contribution in [2.45, 2.75) is 36.3 Å². The second-order valence-corrected chi connectivity index (χ2v) is 4.29. The molecule has 0 amide bonds. The molecular formula is C9H14N2O4. The molecular weight excluding hydrogens is 200 g/mol. The summed E-state index contributed by atoms with van der Waals surface area (Å²) in [4.78, 5) is 0. The van der Waals surface area contributed by atoms with Crippen molar-refractivity contribution < 1.29 is 20.4 Å². The lowest BCUT2D eigenvalue weighted by molar-refractivity contribution is -0.0430. The van der Waals surface area contributed by atoms with Gasteiger partial charge in [-0.1, -0.05) is 0 Å². The smallest absolute Gasteiger partial charge is 0.103 e. The Morgan fingerprint density at radius 3 is 2.60 bits per heavy atom. The average molecular weight is 214 g/mol. The Labute approximate surface area is 86.8 Å². The molecule has 2 fully saturated rings. The van der Waals surface area contributed by atoms with E-state index in [4.69, 9.17) is 5.26 Å². The lowest BCUT2D eigenvalue weighted by atomic mass is 9.77. The standard InChI is InChI=1S/C9H14N2O4/c10-2-4-6(13)1-5-7(14)8(15)9(4,3-12)11-5/h4-8,11-15H,1,3H2/t4-,5+,6-,7+,8-,9-/m1/s1. The molecule has 0 radical (unpaired) electrons. The van der Waals surface area contributed by atoms with E-state index in [1.807, 2.05) is 6.07 Å². The molecule has 15 heavy (non-hydrogen) atoms. The van der Waals surface area contributed by atoms with E-state index >= 15 is 0 Å². The molecule has 2 heterocycles. The Morgan fingerprint density at radius 2 is 2.07 bits per heavy atom. The maximum atomic E-state index is 9.80. The number of nitrogens with one attached hydrogen (secondary N) is 1. The molecule has 6 heteroatoms. The van der Waals surface area contributed by atoms with Crippen LogP contribution in [-0.2, 0) is 0 Å². The van der Waals surface area contributed by atoms with Crippen LogP contribution in [0.1, 0.15) is 6.42 Å². The van der Waals surface area contributed by atoms with Gasteiger partial charge in [-0.25, -0.2) is 0 Å². The summed E-state index contributed by atoms with van der Waals surface area (Å²) < 4.78 is 0. The van der Waals surface area contributed by atoms with E-state index in [1.54, 1.807) is 0 Å². The summed E-state index contributed by atoms with van der Waals surface area (Å²) in [5, 5.41) is 50.2. The Morgan fingerprint density at radius 1 is 1.40 bits per heavy atom. The molecule has 0 aromatic carbocycles. The van der Waals surface area contributed by atoms with Crippen molar-refractivity contribution in [3.63, 3.8) is 0 Å². The van der Waals surface area contributed by atoms with Crippen molar-refractivity contribution in [3.8, 4) is 6.07 Å². The Hall–Kier alpha value is -0.710. The molecule has 6 atom stereocenters. The third kappa shape index (κ3) is 1.22. The van der Waals surface area contributed by atoms with Crippen LogP contribution in [0.3, 0.4) is 0 Å². The highest BCUT2D eigenvalue weighted by Crippen LogP contribution is 2.40. The van der Waals surface area contributed by atoms with Gasteiger partial charge in [0.1, 0.15) is 6.10 Å². The summed E-state index contributed by atoms with van der Waals surface area (Å²) in [5.41, 5.74) is -1.30. The van der Waals surface area contributed by atoms with Gasteiger partial charge in [-0.3, -0.25) is 0 Å². The molecule has 0 aliphatic carbocycles. The molecule has 5 N–H and O–H groups in total. The topological polar surface area (TPSA) is 117 Å². The Balaban J connectivity index is 2.40. The summed E-state index contributed by atoms with van der Waals surface area (Å²) in [7, 11) is 0. The van der Waals surface area contributed by atoms with E-state index in [9.17, 15) is 20.4 Å². The predicted molar refractivity (Wildman–Crippen MR) is 48.5 cm³/mol. The van der Waals surface area contributed by atoms with Crippen LogP contribution in [0.15, 0.2) is 0 Å². The lowest BCUT2D eigenvalue weighted by Gasteiger charge is -2.40. The predicted octanol–water partition coefficient (Wildman–Crippen LogP) is -2.68. The van der Waals surface area contributed by atoms with Gasteiger partial charge in [-0.05, 0) is 6.42 Å². The van der Waals surface area contributed by atoms with E-state index in [0.29, 0.717) is 0 Å². The number of fused-ring (bicyclic) bond motifs is 2. The van der Waals surface area contributed by atoms with Crippen molar-refractivity contribution in [3.05, 3.63) is 0 Å². The monoisotopic (exact) mass is 214 g/mol. The molecule has 0 aromatic rings. The van der Waals surface area contributed by atoms with Crippen LogP contribution in [0, 0.1) is 17.2 Å². The number of piperidine rings is 1. The van der Waals surface area contributed by atoms with Gasteiger partial charge in [0.15, 0.2) is 0 Å². The molecule has 0 saturated carbocycles. The van der Waals surface area contributed by atoms with Crippen LogP contribution < -0.4 is 5.32 Å². The van der Waals surface area contributed by atoms with Crippen molar-refractivity contribution >= 4 is 0 Å². The molecule has 2 saturated heterocycles. The van der Waals surface area contributed by atoms with Crippen LogP contribution in [0.25, 0.3) is 0 Å².